The van der Waals surface area contributed by atoms with E-state index in [4.69, 9.17) is 9.97 Å². The van der Waals surface area contributed by atoms with Gasteiger partial charge in [-0.1, -0.05) is 30.3 Å². The van der Waals surface area contributed by atoms with E-state index in [1.807, 2.05) is 13.0 Å². The molecule has 1 aromatic rings. The average Bonchev–Trinajstić information content (AvgIpc) is 3.13. The number of nitrogens with zero attached hydrogens (tertiary/aromatic N) is 3. The van der Waals surface area contributed by atoms with Crippen LogP contribution < -0.4 is 4.90 Å². The van der Waals surface area contributed by atoms with Crippen molar-refractivity contribution in [3.05, 3.63) is 42.2 Å². The number of hydrogen-bond acceptors (Lipinski definition) is 3. The molecule has 2 saturated heterocycles. The second kappa shape index (κ2) is 5.33. The first-order chi connectivity index (χ1) is 11.8. The van der Waals surface area contributed by atoms with Crippen molar-refractivity contribution in [2.45, 2.75) is 51.1 Å². The maximum absolute atomic E-state index is 4.96. The molecule has 4 aliphatic heterocycles. The van der Waals surface area contributed by atoms with E-state index in [0.717, 1.165) is 34.3 Å². The fraction of sp³-hybridized carbons (Fsp3) is 0.400. The van der Waals surface area contributed by atoms with Gasteiger partial charge in [0.05, 0.1) is 11.4 Å². The van der Waals surface area contributed by atoms with Crippen molar-refractivity contribution in [3.8, 4) is 22.6 Å². The average molecular weight is 318 g/mol. The Labute approximate surface area is 142 Å². The van der Waals surface area contributed by atoms with Crippen LogP contribution in [0, 0.1) is 6.92 Å². The van der Waals surface area contributed by atoms with Crippen LogP contribution in [0.1, 0.15) is 37.9 Å². The molecule has 2 atom stereocenters. The van der Waals surface area contributed by atoms with Crippen LogP contribution in [0.2, 0.25) is 0 Å². The Morgan fingerprint density at radius 2 is 1.75 bits per heavy atom. The highest BCUT2D eigenvalue weighted by Gasteiger charge is 2.39. The summed E-state index contributed by atoms with van der Waals surface area (Å²) < 4.78 is 0. The van der Waals surface area contributed by atoms with Crippen LogP contribution in [0.25, 0.3) is 22.6 Å². The van der Waals surface area contributed by atoms with Gasteiger partial charge in [-0.25, -0.2) is 9.97 Å². The zero-order chi connectivity index (χ0) is 16.1. The van der Waals surface area contributed by atoms with Gasteiger partial charge >= 0.3 is 0 Å². The number of benzene rings is 1. The smallest absolute Gasteiger partial charge is 0.159 e. The van der Waals surface area contributed by atoms with Crippen LogP contribution in [0.4, 0.5) is 5.82 Å². The number of hydrogen-bond donors (Lipinski definition) is 1. The third-order valence-corrected chi connectivity index (χ3v) is 5.58. The molecule has 4 nitrogen and oxygen atoms in total. The summed E-state index contributed by atoms with van der Waals surface area (Å²) in [5, 5.41) is 0. The maximum Gasteiger partial charge on any atom is 0.159 e. The molecule has 4 aliphatic rings. The molecular formula is C20H22N4. The fourth-order valence-electron chi connectivity index (χ4n) is 4.52. The van der Waals surface area contributed by atoms with E-state index in [-0.39, 0.29) is 0 Å². The summed E-state index contributed by atoms with van der Waals surface area (Å²) in [6.07, 6.45) is 6.55. The Balaban J connectivity index is 1.65. The monoisotopic (exact) mass is 318 g/mol. The topological polar surface area (TPSA) is 44.8 Å². The molecule has 2 fully saturated rings. The second-order valence-corrected chi connectivity index (χ2v) is 7.14. The highest BCUT2D eigenvalue weighted by Crippen LogP contribution is 2.42. The van der Waals surface area contributed by atoms with E-state index in [2.05, 4.69) is 40.2 Å². The fourth-order valence-corrected chi connectivity index (χ4v) is 4.52. The Hall–Kier alpha value is -2.36. The van der Waals surface area contributed by atoms with Crippen molar-refractivity contribution in [2.75, 3.05) is 4.90 Å². The van der Waals surface area contributed by atoms with E-state index < -0.39 is 0 Å². The molecule has 122 valence electrons. The molecule has 1 N–H and O–H groups in total. The number of nitrogens with one attached hydrogen (secondary N) is 1. The summed E-state index contributed by atoms with van der Waals surface area (Å²) in [6, 6.07) is 13.9. The molecule has 0 saturated carbocycles. The van der Waals surface area contributed by atoms with Gasteiger partial charge < -0.3 is 9.88 Å². The minimum Gasteiger partial charge on any atom is -0.349 e. The first-order valence-electron chi connectivity index (χ1n) is 9.01. The third kappa shape index (κ3) is 2.13. The highest BCUT2D eigenvalue weighted by molar-refractivity contribution is 5.78. The minimum atomic E-state index is 0.651. The van der Waals surface area contributed by atoms with Gasteiger partial charge in [0.15, 0.2) is 5.82 Å². The van der Waals surface area contributed by atoms with Crippen molar-refractivity contribution >= 4 is 5.82 Å². The van der Waals surface area contributed by atoms with Crippen LogP contribution in [0.3, 0.4) is 0 Å². The van der Waals surface area contributed by atoms with Crippen LogP contribution in [-0.2, 0) is 0 Å². The quantitative estimate of drug-likeness (QED) is 0.761. The maximum atomic E-state index is 4.96. The molecule has 4 heterocycles. The Kier molecular flexibility index (Phi) is 3.12. The van der Waals surface area contributed by atoms with Gasteiger partial charge in [0.25, 0.3) is 0 Å². The molecule has 0 aliphatic carbocycles. The summed E-state index contributed by atoms with van der Waals surface area (Å²) >= 11 is 0. The Morgan fingerprint density at radius 1 is 1.00 bits per heavy atom. The van der Waals surface area contributed by atoms with Gasteiger partial charge in [-0.05, 0) is 45.1 Å². The lowest BCUT2D eigenvalue weighted by molar-refractivity contribution is 0.464. The van der Waals surface area contributed by atoms with Crippen molar-refractivity contribution < 1.29 is 0 Å². The zero-order valence-corrected chi connectivity index (χ0v) is 14.0. The number of piperidine rings is 1. The number of aromatic nitrogens is 3. The van der Waals surface area contributed by atoms with Gasteiger partial charge in [0.2, 0.25) is 0 Å². The summed E-state index contributed by atoms with van der Waals surface area (Å²) in [7, 11) is 0. The molecule has 0 aromatic heterocycles. The normalized spacial score (nSPS) is 23.1. The van der Waals surface area contributed by atoms with E-state index in [9.17, 15) is 0 Å². The summed E-state index contributed by atoms with van der Waals surface area (Å²) in [4.78, 5) is 15.8. The van der Waals surface area contributed by atoms with Crippen LogP contribution in [0.5, 0.6) is 0 Å². The molecule has 2 unspecified atom stereocenters. The third-order valence-electron chi connectivity index (χ3n) is 5.58. The number of rotatable bonds is 2. The van der Waals surface area contributed by atoms with Crippen LogP contribution >= 0.6 is 0 Å². The largest absolute Gasteiger partial charge is 0.349 e. The molecule has 0 radical (unpaired) electrons. The van der Waals surface area contributed by atoms with Crippen LogP contribution in [0.15, 0.2) is 36.4 Å². The lowest BCUT2D eigenvalue weighted by atomic mass is 10.0. The minimum absolute atomic E-state index is 0.651. The second-order valence-electron chi connectivity index (χ2n) is 7.14. The Morgan fingerprint density at radius 3 is 2.50 bits per heavy atom. The first-order valence-corrected chi connectivity index (χ1v) is 9.01. The number of aromatic amines is 1. The molecule has 2 bridgehead atoms. The number of aryl methyl sites for hydroxylation is 1. The summed E-state index contributed by atoms with van der Waals surface area (Å²) in [5.74, 6) is 2.06. The predicted molar refractivity (Wildman–Crippen MR) is 96.3 cm³/mol. The van der Waals surface area contributed by atoms with Gasteiger partial charge in [0.1, 0.15) is 11.5 Å². The van der Waals surface area contributed by atoms with E-state index in [1.54, 1.807) is 0 Å². The van der Waals surface area contributed by atoms with E-state index in [1.165, 1.54) is 32.1 Å². The molecule has 4 heteroatoms. The molecule has 24 heavy (non-hydrogen) atoms. The number of anilines is 1. The lowest BCUT2D eigenvalue weighted by Gasteiger charge is -2.36. The molecular weight excluding hydrogens is 296 g/mol. The van der Waals surface area contributed by atoms with Gasteiger partial charge in [0, 0.05) is 17.6 Å². The molecule has 5 rings (SSSR count). The SMILES string of the molecule is Cc1nc(N2C3CCCC2CC3)c2nc(-c3ccccc3)cc-2[nH]1. The van der Waals surface area contributed by atoms with Crippen molar-refractivity contribution in [2.24, 2.45) is 0 Å². The van der Waals surface area contributed by atoms with Gasteiger partial charge in [-0.15, -0.1) is 0 Å². The van der Waals surface area contributed by atoms with Crippen molar-refractivity contribution in [1.29, 1.82) is 0 Å². The molecule has 1 aromatic carbocycles. The first kappa shape index (κ1) is 14.0. The van der Waals surface area contributed by atoms with Crippen LogP contribution in [-0.4, -0.2) is 27.0 Å². The Bertz CT molecular complexity index is 822. The number of H-pyrrole nitrogens is 1. The summed E-state index contributed by atoms with van der Waals surface area (Å²) in [6.45, 7) is 2.05. The molecule has 0 amide bonds. The van der Waals surface area contributed by atoms with Gasteiger partial charge in [-0.3, -0.25) is 0 Å². The highest BCUT2D eigenvalue weighted by atomic mass is 15.3. The lowest BCUT2D eigenvalue weighted by Crippen LogP contribution is -2.40. The standard InChI is InChI=1S/C20H22N4/c1-13-21-18-12-17(14-6-3-2-4-7-14)23-19(18)20(22-13)24-15-8-5-9-16(24)11-10-15/h2-4,6-7,12,15-16H,5,8-11H2,1H3,(H,21,22). The van der Waals surface area contributed by atoms with E-state index in [0.29, 0.717) is 12.1 Å². The van der Waals surface area contributed by atoms with Gasteiger partial charge in [-0.2, -0.15) is 0 Å². The predicted octanol–water partition coefficient (Wildman–Crippen LogP) is 4.41. The van der Waals surface area contributed by atoms with E-state index >= 15 is 0 Å². The zero-order valence-electron chi connectivity index (χ0n) is 14.0. The van der Waals surface area contributed by atoms with Crippen molar-refractivity contribution in [1.82, 2.24) is 15.0 Å². The summed E-state index contributed by atoms with van der Waals surface area (Å²) in [5.41, 5.74) is 4.31. The number of fused-ring (bicyclic) bond motifs is 3. The molecule has 0 spiro atoms. The van der Waals surface area contributed by atoms with Crippen molar-refractivity contribution in [3.63, 3.8) is 0 Å².